The first-order chi connectivity index (χ1) is 10.1. The van der Waals surface area contributed by atoms with E-state index in [1.165, 1.54) is 23.7 Å². The van der Waals surface area contributed by atoms with E-state index in [1.54, 1.807) is 24.4 Å². The molecule has 2 aromatic heterocycles. The van der Waals surface area contributed by atoms with Crippen LogP contribution in [0.15, 0.2) is 29.9 Å². The van der Waals surface area contributed by atoms with Crippen molar-refractivity contribution in [1.82, 2.24) is 15.3 Å². The molecule has 2 amide bonds. The van der Waals surface area contributed by atoms with Gasteiger partial charge in [0, 0.05) is 6.20 Å². The second kappa shape index (κ2) is 6.71. The quantitative estimate of drug-likeness (QED) is 0.845. The van der Waals surface area contributed by atoms with Crippen LogP contribution in [0.4, 0.5) is 0 Å². The Morgan fingerprint density at radius 3 is 2.71 bits per heavy atom. The van der Waals surface area contributed by atoms with E-state index in [0.29, 0.717) is 10.6 Å². The van der Waals surface area contributed by atoms with Crippen molar-refractivity contribution in [3.63, 3.8) is 0 Å². The minimum Gasteiger partial charge on any atom is -0.451 e. The first-order valence-corrected chi connectivity index (χ1v) is 6.77. The molecule has 7 nitrogen and oxygen atoms in total. The molecule has 2 aromatic rings. The molecular weight excluding hydrogens is 294 g/mol. The van der Waals surface area contributed by atoms with Crippen LogP contribution in [-0.2, 0) is 9.53 Å². The Labute approximate surface area is 124 Å². The van der Waals surface area contributed by atoms with Crippen molar-refractivity contribution in [2.75, 3.05) is 6.61 Å². The van der Waals surface area contributed by atoms with Crippen LogP contribution in [-0.4, -0.2) is 34.4 Å². The third kappa shape index (κ3) is 4.18. The molecular formula is C13H11N3O4S. The zero-order chi connectivity index (χ0) is 15.2. The average molecular weight is 305 g/mol. The SMILES string of the molecule is Cc1cnc(C(=O)OCC(=O)NC(=O)c2cccs2)cn1. The third-order valence-electron chi connectivity index (χ3n) is 2.32. The largest absolute Gasteiger partial charge is 0.451 e. The van der Waals surface area contributed by atoms with Crippen LogP contribution >= 0.6 is 11.3 Å². The van der Waals surface area contributed by atoms with E-state index in [1.807, 2.05) is 0 Å². The number of nitrogens with zero attached hydrogens (tertiary/aromatic N) is 2. The third-order valence-corrected chi connectivity index (χ3v) is 3.19. The lowest BCUT2D eigenvalue weighted by Crippen LogP contribution is -2.33. The normalized spacial score (nSPS) is 9.95. The lowest BCUT2D eigenvalue weighted by molar-refractivity contribution is -0.123. The number of amides is 2. The highest BCUT2D eigenvalue weighted by atomic mass is 32.1. The van der Waals surface area contributed by atoms with E-state index in [2.05, 4.69) is 15.3 Å². The number of nitrogens with one attached hydrogen (secondary N) is 1. The summed E-state index contributed by atoms with van der Waals surface area (Å²) in [6, 6.07) is 3.28. The summed E-state index contributed by atoms with van der Waals surface area (Å²) in [5.74, 6) is -2.01. The van der Waals surface area contributed by atoms with Gasteiger partial charge < -0.3 is 4.74 Å². The standard InChI is InChI=1S/C13H11N3O4S/c1-8-5-15-9(6-14-8)13(19)20-7-11(17)16-12(18)10-3-2-4-21-10/h2-6H,7H2,1H3,(H,16,17,18). The van der Waals surface area contributed by atoms with Crippen LogP contribution in [0.5, 0.6) is 0 Å². The van der Waals surface area contributed by atoms with Gasteiger partial charge in [-0.25, -0.2) is 9.78 Å². The number of hydrogen-bond acceptors (Lipinski definition) is 7. The number of rotatable bonds is 4. The summed E-state index contributed by atoms with van der Waals surface area (Å²) in [4.78, 5) is 42.8. The summed E-state index contributed by atoms with van der Waals surface area (Å²) in [5, 5.41) is 3.84. The number of aryl methyl sites for hydroxylation is 1. The van der Waals surface area contributed by atoms with E-state index in [4.69, 9.17) is 4.74 Å². The van der Waals surface area contributed by atoms with E-state index < -0.39 is 24.4 Å². The van der Waals surface area contributed by atoms with Gasteiger partial charge in [0.2, 0.25) is 0 Å². The molecule has 0 spiro atoms. The molecule has 1 N–H and O–H groups in total. The van der Waals surface area contributed by atoms with Crippen molar-refractivity contribution < 1.29 is 19.1 Å². The van der Waals surface area contributed by atoms with E-state index in [9.17, 15) is 14.4 Å². The van der Waals surface area contributed by atoms with Crippen molar-refractivity contribution in [2.45, 2.75) is 6.92 Å². The molecule has 0 bridgehead atoms. The van der Waals surface area contributed by atoms with Crippen LogP contribution in [0, 0.1) is 6.92 Å². The molecule has 0 saturated carbocycles. The zero-order valence-corrected chi connectivity index (χ0v) is 11.8. The number of imide groups is 1. The van der Waals surface area contributed by atoms with Crippen molar-refractivity contribution in [1.29, 1.82) is 0 Å². The van der Waals surface area contributed by atoms with Crippen LogP contribution in [0.3, 0.4) is 0 Å². The predicted octanol–water partition coefficient (Wildman–Crippen LogP) is 0.960. The molecule has 0 saturated heterocycles. The fourth-order valence-corrected chi connectivity index (χ4v) is 1.95. The highest BCUT2D eigenvalue weighted by Crippen LogP contribution is 2.07. The number of esters is 1. The van der Waals surface area contributed by atoms with Gasteiger partial charge in [-0.15, -0.1) is 11.3 Å². The zero-order valence-electron chi connectivity index (χ0n) is 11.0. The minimum absolute atomic E-state index is 0.00187. The number of carbonyl (C=O) groups is 3. The number of ether oxygens (including phenoxy) is 1. The van der Waals surface area contributed by atoms with Crippen LogP contribution in [0.2, 0.25) is 0 Å². The highest BCUT2D eigenvalue weighted by molar-refractivity contribution is 7.12. The molecule has 2 heterocycles. The molecule has 0 aliphatic rings. The number of carbonyl (C=O) groups excluding carboxylic acids is 3. The molecule has 0 fully saturated rings. The van der Waals surface area contributed by atoms with Crippen molar-refractivity contribution in [3.05, 3.63) is 46.2 Å². The van der Waals surface area contributed by atoms with Gasteiger partial charge in [-0.05, 0) is 18.4 Å². The molecule has 21 heavy (non-hydrogen) atoms. The highest BCUT2D eigenvalue weighted by Gasteiger charge is 2.15. The van der Waals surface area contributed by atoms with Crippen molar-refractivity contribution in [2.24, 2.45) is 0 Å². The Bertz CT molecular complexity index is 653. The number of hydrogen-bond donors (Lipinski definition) is 1. The minimum atomic E-state index is -0.777. The molecule has 8 heteroatoms. The summed E-state index contributed by atoms with van der Waals surface area (Å²) in [6.45, 7) is 1.16. The molecule has 0 aliphatic carbocycles. The Balaban J connectivity index is 1.82. The summed E-state index contributed by atoms with van der Waals surface area (Å²) in [5.41, 5.74) is 0.656. The Hall–Kier alpha value is -2.61. The second-order valence-corrected chi connectivity index (χ2v) is 4.92. The van der Waals surface area contributed by atoms with Gasteiger partial charge in [0.1, 0.15) is 0 Å². The monoisotopic (exact) mass is 305 g/mol. The summed E-state index contributed by atoms with van der Waals surface area (Å²) < 4.78 is 4.75. The van der Waals surface area contributed by atoms with E-state index in [0.717, 1.165) is 0 Å². The first kappa shape index (κ1) is 14.8. The van der Waals surface area contributed by atoms with E-state index in [-0.39, 0.29) is 5.69 Å². The molecule has 0 radical (unpaired) electrons. The van der Waals surface area contributed by atoms with Gasteiger partial charge in [-0.3, -0.25) is 19.9 Å². The predicted molar refractivity (Wildman–Crippen MR) is 73.8 cm³/mol. The van der Waals surface area contributed by atoms with Gasteiger partial charge in [0.05, 0.1) is 16.8 Å². The van der Waals surface area contributed by atoms with Crippen molar-refractivity contribution in [3.8, 4) is 0 Å². The number of thiophene rings is 1. The van der Waals surface area contributed by atoms with Crippen LogP contribution < -0.4 is 5.32 Å². The van der Waals surface area contributed by atoms with Gasteiger partial charge in [-0.1, -0.05) is 6.07 Å². The summed E-state index contributed by atoms with van der Waals surface area (Å²) >= 11 is 1.21. The smallest absolute Gasteiger partial charge is 0.359 e. The lowest BCUT2D eigenvalue weighted by atomic mass is 10.4. The number of aromatic nitrogens is 2. The van der Waals surface area contributed by atoms with Crippen molar-refractivity contribution >= 4 is 29.1 Å². The Kier molecular flexibility index (Phi) is 4.72. The van der Waals surface area contributed by atoms with Crippen LogP contribution in [0.25, 0.3) is 0 Å². The molecule has 0 aliphatic heterocycles. The maximum atomic E-state index is 11.6. The molecule has 2 rings (SSSR count). The van der Waals surface area contributed by atoms with Crippen LogP contribution in [0.1, 0.15) is 25.9 Å². The van der Waals surface area contributed by atoms with E-state index >= 15 is 0 Å². The topological polar surface area (TPSA) is 98.2 Å². The fraction of sp³-hybridized carbons (Fsp3) is 0.154. The maximum Gasteiger partial charge on any atom is 0.359 e. The lowest BCUT2D eigenvalue weighted by Gasteiger charge is -2.04. The Morgan fingerprint density at radius 2 is 2.10 bits per heavy atom. The summed E-state index contributed by atoms with van der Waals surface area (Å²) in [7, 11) is 0. The van der Waals surface area contributed by atoms with Gasteiger partial charge >= 0.3 is 5.97 Å². The molecule has 0 atom stereocenters. The van der Waals surface area contributed by atoms with Gasteiger partial charge in [-0.2, -0.15) is 0 Å². The Morgan fingerprint density at radius 1 is 1.29 bits per heavy atom. The molecule has 0 aromatic carbocycles. The second-order valence-electron chi connectivity index (χ2n) is 3.97. The molecule has 0 unspecified atom stereocenters. The fourth-order valence-electron chi connectivity index (χ4n) is 1.34. The summed E-state index contributed by atoms with van der Waals surface area (Å²) in [6.07, 6.45) is 2.67. The molecule has 108 valence electrons. The van der Waals surface area contributed by atoms with Gasteiger partial charge in [0.15, 0.2) is 12.3 Å². The average Bonchev–Trinajstić information content (AvgIpc) is 3.00. The van der Waals surface area contributed by atoms with Gasteiger partial charge in [0.25, 0.3) is 11.8 Å². The first-order valence-electron chi connectivity index (χ1n) is 5.89. The maximum absolute atomic E-state index is 11.6.